The van der Waals surface area contributed by atoms with E-state index in [1.165, 1.54) is 12.1 Å². The minimum Gasteiger partial charge on any atom is -0.270 e. The molecule has 1 amide bonds. The van der Waals surface area contributed by atoms with Crippen molar-refractivity contribution in [3.63, 3.8) is 0 Å². The van der Waals surface area contributed by atoms with Crippen molar-refractivity contribution in [1.29, 1.82) is 0 Å². The maximum atomic E-state index is 13.0. The van der Waals surface area contributed by atoms with Gasteiger partial charge in [0.05, 0.1) is 10.9 Å². The fourth-order valence-corrected chi connectivity index (χ4v) is 6.59. The van der Waals surface area contributed by atoms with E-state index in [0.717, 1.165) is 16.3 Å². The molecule has 8 heteroatoms. The Hall–Kier alpha value is -0.490. The summed E-state index contributed by atoms with van der Waals surface area (Å²) in [6.45, 7) is 1.86. The molecule has 3 rings (SSSR count). The number of alkyl halides is 3. The monoisotopic (exact) mass is 395 g/mol. The molecular formula is C15H16Cl3NO3S. The van der Waals surface area contributed by atoms with Gasteiger partial charge in [-0.2, -0.15) is 0 Å². The maximum absolute atomic E-state index is 13.0. The van der Waals surface area contributed by atoms with Crippen LogP contribution in [0, 0.1) is 12.8 Å². The Morgan fingerprint density at radius 3 is 2.39 bits per heavy atom. The first kappa shape index (κ1) is 17.3. The van der Waals surface area contributed by atoms with E-state index in [2.05, 4.69) is 0 Å². The van der Waals surface area contributed by atoms with E-state index in [0.29, 0.717) is 12.8 Å². The summed E-state index contributed by atoms with van der Waals surface area (Å²) in [7, 11) is -4.01. The third-order valence-corrected chi connectivity index (χ3v) is 7.71. The van der Waals surface area contributed by atoms with E-state index >= 15 is 0 Å². The number of sulfonamides is 1. The number of hydrogen-bond acceptors (Lipinski definition) is 3. The fourth-order valence-electron chi connectivity index (χ4n) is 3.41. The van der Waals surface area contributed by atoms with Gasteiger partial charge in [0.15, 0.2) is 0 Å². The van der Waals surface area contributed by atoms with Gasteiger partial charge in [-0.3, -0.25) is 4.79 Å². The summed E-state index contributed by atoms with van der Waals surface area (Å²) in [5, 5.41) is -0.425. The highest BCUT2D eigenvalue weighted by atomic mass is 35.5. The number of halogens is 3. The zero-order valence-electron chi connectivity index (χ0n) is 12.4. The lowest BCUT2D eigenvalue weighted by atomic mass is 9.84. The topological polar surface area (TPSA) is 54.5 Å². The fraction of sp³-hybridized carbons (Fsp3) is 0.533. The van der Waals surface area contributed by atoms with Gasteiger partial charge in [-0.1, -0.05) is 40.9 Å². The number of nitrogens with zero attached hydrogens (tertiary/aromatic N) is 1. The molecule has 126 valence electrons. The summed E-state index contributed by atoms with van der Waals surface area (Å²) in [6.07, 6.45) is 1.91. The van der Waals surface area contributed by atoms with Crippen molar-refractivity contribution in [2.45, 2.75) is 46.8 Å². The van der Waals surface area contributed by atoms with Crippen molar-refractivity contribution in [2.75, 3.05) is 0 Å². The highest BCUT2D eigenvalue weighted by molar-refractivity contribution is 7.89. The van der Waals surface area contributed by atoms with Gasteiger partial charge in [-0.25, -0.2) is 12.7 Å². The second kappa shape index (κ2) is 5.80. The highest BCUT2D eigenvalue weighted by Gasteiger charge is 2.63. The number of carbonyl (C=O) groups excluding carboxylic acids is 1. The lowest BCUT2D eigenvalue weighted by molar-refractivity contribution is -0.125. The Bertz CT molecular complexity index is 733. The minimum absolute atomic E-state index is 0.0536. The second-order valence-corrected chi connectivity index (χ2v) is 9.84. The summed E-state index contributed by atoms with van der Waals surface area (Å²) < 4.78 is 24.9. The van der Waals surface area contributed by atoms with E-state index in [4.69, 9.17) is 34.8 Å². The van der Waals surface area contributed by atoms with Crippen molar-refractivity contribution < 1.29 is 13.2 Å². The smallest absolute Gasteiger partial charge is 0.270 e. The summed E-state index contributed by atoms with van der Waals surface area (Å²) in [5.41, 5.74) is 0.928. The molecule has 3 atom stereocenters. The molecule has 23 heavy (non-hydrogen) atoms. The predicted molar refractivity (Wildman–Crippen MR) is 90.4 cm³/mol. The zero-order chi connectivity index (χ0) is 17.0. The zero-order valence-corrected chi connectivity index (χ0v) is 15.5. The van der Waals surface area contributed by atoms with E-state index in [-0.39, 0.29) is 4.90 Å². The molecule has 1 aromatic carbocycles. The van der Waals surface area contributed by atoms with Crippen LogP contribution < -0.4 is 0 Å². The molecule has 2 aliphatic rings. The summed E-state index contributed by atoms with van der Waals surface area (Å²) in [4.78, 5) is 12.7. The average molecular weight is 397 g/mol. The van der Waals surface area contributed by atoms with Gasteiger partial charge in [0, 0.05) is 11.3 Å². The quantitative estimate of drug-likeness (QED) is 0.719. The predicted octanol–water partition coefficient (Wildman–Crippen LogP) is 3.48. The molecule has 0 unspecified atom stereocenters. The largest absolute Gasteiger partial charge is 0.273 e. The molecule has 1 heterocycles. The van der Waals surface area contributed by atoms with Gasteiger partial charge < -0.3 is 0 Å². The first-order chi connectivity index (χ1) is 10.7. The lowest BCUT2D eigenvalue weighted by Gasteiger charge is -2.34. The Balaban J connectivity index is 2.08. The van der Waals surface area contributed by atoms with Gasteiger partial charge in [0.25, 0.3) is 15.9 Å². The van der Waals surface area contributed by atoms with E-state index < -0.39 is 37.6 Å². The van der Waals surface area contributed by atoms with E-state index in [1.807, 2.05) is 6.92 Å². The molecule has 0 spiro atoms. The number of hydrogen-bond donors (Lipinski definition) is 0. The molecule has 0 radical (unpaired) electrons. The minimum atomic E-state index is -4.01. The third-order valence-electron chi connectivity index (χ3n) is 4.57. The Labute approximate surface area is 150 Å². The normalized spacial score (nSPS) is 30.3. The van der Waals surface area contributed by atoms with Gasteiger partial charge in [0.2, 0.25) is 4.33 Å². The van der Waals surface area contributed by atoms with Gasteiger partial charge in [-0.15, -0.1) is 11.6 Å². The van der Waals surface area contributed by atoms with Crippen LogP contribution in [0.15, 0.2) is 29.2 Å². The molecule has 0 aromatic heterocycles. The number of carbonyl (C=O) groups is 1. The summed E-state index contributed by atoms with van der Waals surface area (Å²) >= 11 is 18.8. The van der Waals surface area contributed by atoms with Crippen LogP contribution in [0.2, 0.25) is 0 Å². The molecule has 1 saturated heterocycles. The first-order valence-electron chi connectivity index (χ1n) is 7.35. The molecule has 1 saturated carbocycles. The number of aryl methyl sites for hydroxylation is 1. The van der Waals surface area contributed by atoms with Gasteiger partial charge in [-0.05, 0) is 38.3 Å². The number of rotatable bonds is 2. The van der Waals surface area contributed by atoms with Crippen LogP contribution in [-0.4, -0.2) is 34.4 Å². The molecule has 1 aliphatic carbocycles. The van der Waals surface area contributed by atoms with Crippen LogP contribution in [0.1, 0.15) is 24.8 Å². The molecule has 0 bridgehead atoms. The van der Waals surface area contributed by atoms with Crippen LogP contribution in [0.5, 0.6) is 0 Å². The van der Waals surface area contributed by atoms with Crippen molar-refractivity contribution in [3.05, 3.63) is 29.8 Å². The molecule has 0 N–H and O–H groups in total. The van der Waals surface area contributed by atoms with Crippen molar-refractivity contribution >= 4 is 50.7 Å². The van der Waals surface area contributed by atoms with Crippen molar-refractivity contribution in [2.24, 2.45) is 5.92 Å². The lowest BCUT2D eigenvalue weighted by Crippen LogP contribution is -2.43. The average Bonchev–Trinajstić information content (AvgIpc) is 2.68. The number of benzene rings is 1. The molecule has 1 aliphatic heterocycles. The number of amides is 1. The Morgan fingerprint density at radius 1 is 1.17 bits per heavy atom. The molecule has 4 nitrogen and oxygen atoms in total. The maximum Gasteiger partial charge on any atom is 0.273 e. The molecule has 1 aromatic rings. The van der Waals surface area contributed by atoms with Crippen LogP contribution in [0.25, 0.3) is 0 Å². The first-order valence-corrected chi connectivity index (χ1v) is 9.98. The molecule has 2 fully saturated rings. The summed E-state index contributed by atoms with van der Waals surface area (Å²) in [5.74, 6) is -1.40. The van der Waals surface area contributed by atoms with E-state index in [9.17, 15) is 13.2 Å². The van der Waals surface area contributed by atoms with Gasteiger partial charge in [0.1, 0.15) is 0 Å². The Kier molecular flexibility index (Phi) is 4.37. The van der Waals surface area contributed by atoms with Crippen LogP contribution >= 0.6 is 34.8 Å². The van der Waals surface area contributed by atoms with Crippen LogP contribution in [0.4, 0.5) is 0 Å². The highest BCUT2D eigenvalue weighted by Crippen LogP contribution is 2.52. The molecular weight excluding hydrogens is 381 g/mol. The Morgan fingerprint density at radius 2 is 1.78 bits per heavy atom. The van der Waals surface area contributed by atoms with Crippen LogP contribution in [-0.2, 0) is 14.8 Å². The SMILES string of the molecule is Cc1ccc(S(=O)(=O)N2C(=O)C(Cl)(Cl)[C@@H]3[C@@H](Cl)CCC[C@@H]32)cc1. The van der Waals surface area contributed by atoms with Gasteiger partial charge >= 0.3 is 0 Å². The number of fused-ring (bicyclic) bond motifs is 1. The standard InChI is InChI=1S/C15H16Cl3NO3S/c1-9-5-7-10(8-6-9)23(21,22)19-12-4-2-3-11(16)13(12)15(17,18)14(19)20/h5-8,11-13H,2-4H2,1H3/t11-,12-,13+/m0/s1. The van der Waals surface area contributed by atoms with Crippen LogP contribution in [0.3, 0.4) is 0 Å². The third kappa shape index (κ3) is 2.66. The van der Waals surface area contributed by atoms with E-state index in [1.54, 1.807) is 12.1 Å². The second-order valence-electron chi connectivity index (χ2n) is 6.08. The van der Waals surface area contributed by atoms with Crippen molar-refractivity contribution in [1.82, 2.24) is 4.31 Å². The van der Waals surface area contributed by atoms with Crippen molar-refractivity contribution in [3.8, 4) is 0 Å². The summed E-state index contributed by atoms with van der Waals surface area (Å²) in [6, 6.07) is 5.74.